The van der Waals surface area contributed by atoms with Crippen LogP contribution in [-0.2, 0) is 16.0 Å². The summed E-state index contributed by atoms with van der Waals surface area (Å²) in [4.78, 5) is 23.8. The van der Waals surface area contributed by atoms with Crippen molar-refractivity contribution < 1.29 is 18.7 Å². The molecule has 0 aliphatic carbocycles. The average molecular weight is 378 g/mol. The summed E-state index contributed by atoms with van der Waals surface area (Å²) in [5.74, 6) is 0.350. The van der Waals surface area contributed by atoms with E-state index in [-0.39, 0.29) is 11.6 Å². The summed E-state index contributed by atoms with van der Waals surface area (Å²) in [6.07, 6.45) is 1.39. The van der Waals surface area contributed by atoms with Gasteiger partial charge in [0.25, 0.3) is 0 Å². The van der Waals surface area contributed by atoms with Crippen molar-refractivity contribution >= 4 is 16.9 Å². The lowest BCUT2D eigenvalue weighted by atomic mass is 10.0. The predicted octanol–water partition coefficient (Wildman–Crippen LogP) is 4.52. The Morgan fingerprint density at radius 2 is 1.86 bits per heavy atom. The summed E-state index contributed by atoms with van der Waals surface area (Å²) in [7, 11) is 1.60. The lowest BCUT2D eigenvalue weighted by Gasteiger charge is -2.07. The van der Waals surface area contributed by atoms with Crippen molar-refractivity contribution in [3.05, 3.63) is 76.7 Å². The largest absolute Gasteiger partial charge is 0.497 e. The highest BCUT2D eigenvalue weighted by Crippen LogP contribution is 2.24. The molecule has 28 heavy (non-hydrogen) atoms. The first-order valence-corrected chi connectivity index (χ1v) is 9.02. The third-order valence-corrected chi connectivity index (χ3v) is 4.39. The van der Waals surface area contributed by atoms with Gasteiger partial charge in [-0.2, -0.15) is 0 Å². The molecule has 0 aliphatic rings. The van der Waals surface area contributed by atoms with Gasteiger partial charge in [0.2, 0.25) is 0 Å². The second kappa shape index (κ2) is 8.57. The van der Waals surface area contributed by atoms with E-state index in [2.05, 4.69) is 6.58 Å². The summed E-state index contributed by atoms with van der Waals surface area (Å²) in [5.41, 5.74) is 2.85. The van der Waals surface area contributed by atoms with Crippen LogP contribution in [0.2, 0.25) is 0 Å². The van der Waals surface area contributed by atoms with Crippen LogP contribution in [0.4, 0.5) is 0 Å². The van der Waals surface area contributed by atoms with E-state index in [0.29, 0.717) is 36.2 Å². The molecule has 0 radical (unpaired) electrons. The van der Waals surface area contributed by atoms with Crippen molar-refractivity contribution in [2.75, 3.05) is 13.7 Å². The zero-order valence-electron chi connectivity index (χ0n) is 16.0. The molecular weight excluding hydrogens is 356 g/mol. The molecule has 0 spiro atoms. The first kappa shape index (κ1) is 19.4. The van der Waals surface area contributed by atoms with Crippen LogP contribution in [0.1, 0.15) is 18.9 Å². The van der Waals surface area contributed by atoms with Gasteiger partial charge in [0.15, 0.2) is 0 Å². The molecule has 0 aliphatic heterocycles. The van der Waals surface area contributed by atoms with Crippen molar-refractivity contribution in [2.45, 2.75) is 19.8 Å². The van der Waals surface area contributed by atoms with Crippen molar-refractivity contribution in [1.82, 2.24) is 0 Å². The molecule has 1 heterocycles. The maximum Gasteiger partial charge on any atom is 0.344 e. The van der Waals surface area contributed by atoms with Crippen molar-refractivity contribution in [1.29, 1.82) is 0 Å². The van der Waals surface area contributed by atoms with E-state index in [1.807, 2.05) is 48.5 Å². The van der Waals surface area contributed by atoms with Crippen LogP contribution in [0.5, 0.6) is 5.75 Å². The van der Waals surface area contributed by atoms with Crippen LogP contribution in [0, 0.1) is 0 Å². The van der Waals surface area contributed by atoms with E-state index in [0.717, 1.165) is 22.3 Å². The number of carbonyl (C=O) groups is 1. The Bertz CT molecular complexity index is 1060. The Morgan fingerprint density at radius 1 is 1.11 bits per heavy atom. The van der Waals surface area contributed by atoms with Crippen LogP contribution in [0.3, 0.4) is 0 Å². The summed E-state index contributed by atoms with van der Waals surface area (Å²) < 4.78 is 15.8. The SMILES string of the molecule is C=C(C)C(=O)OCCCc1ccc2cc(-c3ccc(OC)cc3)c(=O)oc2c1. The van der Waals surface area contributed by atoms with Crippen LogP contribution in [0.15, 0.2) is 69.9 Å². The molecule has 0 bridgehead atoms. The number of ether oxygens (including phenoxy) is 2. The Labute approximate surface area is 163 Å². The minimum atomic E-state index is -0.384. The minimum absolute atomic E-state index is 0.323. The first-order chi connectivity index (χ1) is 13.5. The van der Waals surface area contributed by atoms with E-state index >= 15 is 0 Å². The van der Waals surface area contributed by atoms with Gasteiger partial charge in [-0.3, -0.25) is 0 Å². The summed E-state index contributed by atoms with van der Waals surface area (Å²) in [5, 5.41) is 0.850. The lowest BCUT2D eigenvalue weighted by Crippen LogP contribution is -2.07. The zero-order chi connectivity index (χ0) is 20.1. The quantitative estimate of drug-likeness (QED) is 0.262. The van der Waals surface area contributed by atoms with Gasteiger partial charge < -0.3 is 13.9 Å². The first-order valence-electron chi connectivity index (χ1n) is 9.02. The smallest absolute Gasteiger partial charge is 0.344 e. The molecule has 3 aromatic rings. The molecule has 1 aromatic heterocycles. The molecule has 2 aromatic carbocycles. The molecule has 0 saturated carbocycles. The second-order valence-corrected chi connectivity index (χ2v) is 6.57. The van der Waals surface area contributed by atoms with Gasteiger partial charge in [-0.15, -0.1) is 0 Å². The van der Waals surface area contributed by atoms with Gasteiger partial charge in [-0.05, 0) is 55.2 Å². The number of esters is 1. The standard InChI is InChI=1S/C23H22O5/c1-15(2)22(24)27-12-4-5-16-6-7-18-14-20(23(25)28-21(18)13-16)17-8-10-19(26-3)11-9-17/h6-11,13-14H,1,4-5,12H2,2-3H3. The number of hydrogen-bond acceptors (Lipinski definition) is 5. The highest BCUT2D eigenvalue weighted by molar-refractivity contribution is 5.86. The zero-order valence-corrected chi connectivity index (χ0v) is 16.0. The average Bonchev–Trinajstić information content (AvgIpc) is 2.70. The topological polar surface area (TPSA) is 65.7 Å². The van der Waals surface area contributed by atoms with Crippen LogP contribution in [0.25, 0.3) is 22.1 Å². The van der Waals surface area contributed by atoms with Crippen molar-refractivity contribution in [2.24, 2.45) is 0 Å². The van der Waals surface area contributed by atoms with Crippen molar-refractivity contribution in [3.8, 4) is 16.9 Å². The number of rotatable bonds is 7. The van der Waals surface area contributed by atoms with Gasteiger partial charge in [0.05, 0.1) is 19.3 Å². The number of carbonyl (C=O) groups excluding carboxylic acids is 1. The Morgan fingerprint density at radius 3 is 2.54 bits per heavy atom. The van der Waals surface area contributed by atoms with E-state index < -0.39 is 0 Å². The molecule has 5 heteroatoms. The fraction of sp³-hybridized carbons (Fsp3) is 0.217. The Kier molecular flexibility index (Phi) is 5.94. The molecule has 5 nitrogen and oxygen atoms in total. The summed E-state index contributed by atoms with van der Waals surface area (Å²) >= 11 is 0. The van der Waals surface area contributed by atoms with E-state index in [4.69, 9.17) is 13.9 Å². The van der Waals surface area contributed by atoms with E-state index in [9.17, 15) is 9.59 Å². The molecule has 144 valence electrons. The molecular formula is C23H22O5. The summed E-state index contributed by atoms with van der Waals surface area (Å²) in [6, 6.07) is 14.9. The molecule has 0 amide bonds. The summed E-state index contributed by atoms with van der Waals surface area (Å²) in [6.45, 7) is 5.49. The second-order valence-electron chi connectivity index (χ2n) is 6.57. The van der Waals surface area contributed by atoms with E-state index in [1.54, 1.807) is 14.0 Å². The van der Waals surface area contributed by atoms with Crippen LogP contribution < -0.4 is 10.4 Å². The number of fused-ring (bicyclic) bond motifs is 1. The number of aryl methyl sites for hydroxylation is 1. The molecule has 0 N–H and O–H groups in total. The lowest BCUT2D eigenvalue weighted by molar-refractivity contribution is -0.139. The van der Waals surface area contributed by atoms with Gasteiger partial charge in [-0.1, -0.05) is 30.8 Å². The monoisotopic (exact) mass is 378 g/mol. The highest BCUT2D eigenvalue weighted by atomic mass is 16.5. The fourth-order valence-corrected chi connectivity index (χ4v) is 2.85. The Hall–Kier alpha value is -3.34. The van der Waals surface area contributed by atoms with Gasteiger partial charge in [-0.25, -0.2) is 9.59 Å². The minimum Gasteiger partial charge on any atom is -0.497 e. The molecule has 3 rings (SSSR count). The Balaban J connectivity index is 1.75. The number of benzene rings is 2. The predicted molar refractivity (Wildman–Crippen MR) is 109 cm³/mol. The van der Waals surface area contributed by atoms with Gasteiger partial charge in [0.1, 0.15) is 11.3 Å². The maximum absolute atomic E-state index is 12.4. The number of methoxy groups -OCH3 is 1. The van der Waals surface area contributed by atoms with Gasteiger partial charge in [0, 0.05) is 11.0 Å². The molecule has 0 fully saturated rings. The maximum atomic E-state index is 12.4. The van der Waals surface area contributed by atoms with Crippen LogP contribution in [-0.4, -0.2) is 19.7 Å². The third kappa shape index (κ3) is 4.49. The van der Waals surface area contributed by atoms with E-state index in [1.165, 1.54) is 0 Å². The molecule has 0 unspecified atom stereocenters. The number of hydrogen-bond donors (Lipinski definition) is 0. The highest BCUT2D eigenvalue weighted by Gasteiger charge is 2.09. The molecule has 0 saturated heterocycles. The normalized spacial score (nSPS) is 10.6. The van der Waals surface area contributed by atoms with Crippen LogP contribution >= 0.6 is 0 Å². The molecule has 0 atom stereocenters. The fourth-order valence-electron chi connectivity index (χ4n) is 2.85. The third-order valence-electron chi connectivity index (χ3n) is 4.39. The van der Waals surface area contributed by atoms with Crippen molar-refractivity contribution in [3.63, 3.8) is 0 Å². The van der Waals surface area contributed by atoms with Gasteiger partial charge >= 0.3 is 11.6 Å².